The summed E-state index contributed by atoms with van der Waals surface area (Å²) in [5, 5.41) is 12.8. The average Bonchev–Trinajstić information content (AvgIpc) is 2.84. The molecular formula is C13H21ClN4O2. The number of aliphatic hydroxyl groups excluding tert-OH is 1. The molecule has 112 valence electrons. The van der Waals surface area contributed by atoms with Crippen LogP contribution in [0, 0.1) is 5.41 Å². The number of hydrogen-bond donors (Lipinski definition) is 2. The van der Waals surface area contributed by atoms with Crippen molar-refractivity contribution in [1.29, 1.82) is 0 Å². The van der Waals surface area contributed by atoms with Crippen molar-refractivity contribution in [2.75, 3.05) is 18.5 Å². The Bertz CT molecular complexity index is 450. The monoisotopic (exact) mass is 300 g/mol. The van der Waals surface area contributed by atoms with Gasteiger partial charge in [-0.05, 0) is 38.3 Å². The number of hydrogen-bond acceptors (Lipinski definition) is 6. The fourth-order valence-electron chi connectivity index (χ4n) is 2.46. The van der Waals surface area contributed by atoms with Crippen LogP contribution >= 0.6 is 11.6 Å². The lowest BCUT2D eigenvalue weighted by Crippen LogP contribution is -2.31. The second-order valence-electron chi connectivity index (χ2n) is 5.60. The third-order valence-electron chi connectivity index (χ3n) is 3.55. The molecule has 1 heterocycles. The molecule has 0 aromatic carbocycles. The summed E-state index contributed by atoms with van der Waals surface area (Å²) in [5.41, 5.74) is -0.0713. The summed E-state index contributed by atoms with van der Waals surface area (Å²) in [6.07, 6.45) is 4.32. The minimum atomic E-state index is -0.0713. The number of aromatic nitrogens is 3. The van der Waals surface area contributed by atoms with Gasteiger partial charge in [-0.25, -0.2) is 0 Å². The molecule has 0 bridgehead atoms. The first-order valence-corrected chi connectivity index (χ1v) is 7.34. The molecule has 1 aromatic heterocycles. The van der Waals surface area contributed by atoms with Gasteiger partial charge in [0.25, 0.3) is 0 Å². The van der Waals surface area contributed by atoms with Crippen molar-refractivity contribution < 1.29 is 9.84 Å². The maximum atomic E-state index is 9.58. The molecule has 0 saturated heterocycles. The molecule has 0 spiro atoms. The van der Waals surface area contributed by atoms with Gasteiger partial charge in [0, 0.05) is 12.0 Å². The number of rotatable bonds is 6. The first-order valence-electron chi connectivity index (χ1n) is 6.96. The van der Waals surface area contributed by atoms with Crippen LogP contribution in [0.1, 0.15) is 39.5 Å². The third-order valence-corrected chi connectivity index (χ3v) is 3.72. The number of halogens is 1. The van der Waals surface area contributed by atoms with E-state index in [1.165, 1.54) is 0 Å². The Labute approximate surface area is 123 Å². The van der Waals surface area contributed by atoms with Crippen LogP contribution in [-0.4, -0.2) is 39.3 Å². The molecule has 1 aromatic rings. The Balaban J connectivity index is 2.03. The number of nitrogens with zero attached hydrogens (tertiary/aromatic N) is 3. The summed E-state index contributed by atoms with van der Waals surface area (Å²) in [5.74, 6) is 0.389. The molecule has 1 fully saturated rings. The van der Waals surface area contributed by atoms with E-state index in [9.17, 15) is 5.11 Å². The van der Waals surface area contributed by atoms with Gasteiger partial charge in [-0.2, -0.15) is 15.0 Å². The van der Waals surface area contributed by atoms with Gasteiger partial charge >= 0.3 is 6.01 Å². The van der Waals surface area contributed by atoms with Crippen LogP contribution < -0.4 is 10.1 Å². The lowest BCUT2D eigenvalue weighted by Gasteiger charge is -2.26. The van der Waals surface area contributed by atoms with Crippen LogP contribution in [0.3, 0.4) is 0 Å². The van der Waals surface area contributed by atoms with Gasteiger partial charge in [0.15, 0.2) is 0 Å². The summed E-state index contributed by atoms with van der Waals surface area (Å²) < 4.78 is 5.42. The second-order valence-corrected chi connectivity index (χ2v) is 5.93. The molecule has 0 aliphatic heterocycles. The molecule has 20 heavy (non-hydrogen) atoms. The van der Waals surface area contributed by atoms with E-state index in [1.807, 2.05) is 13.8 Å². The van der Waals surface area contributed by atoms with Crippen molar-refractivity contribution in [1.82, 2.24) is 15.0 Å². The van der Waals surface area contributed by atoms with Crippen LogP contribution in [0.25, 0.3) is 0 Å². The maximum absolute atomic E-state index is 9.58. The highest BCUT2D eigenvalue weighted by atomic mass is 35.5. The van der Waals surface area contributed by atoms with E-state index in [-0.39, 0.29) is 29.4 Å². The molecule has 1 saturated carbocycles. The van der Waals surface area contributed by atoms with Crippen molar-refractivity contribution in [3.05, 3.63) is 5.28 Å². The first kappa shape index (κ1) is 15.3. The van der Waals surface area contributed by atoms with Crippen LogP contribution in [0.5, 0.6) is 6.01 Å². The summed E-state index contributed by atoms with van der Waals surface area (Å²) in [6, 6.07) is 0.215. The van der Waals surface area contributed by atoms with Gasteiger partial charge < -0.3 is 15.2 Å². The zero-order valence-corrected chi connectivity index (χ0v) is 12.7. The van der Waals surface area contributed by atoms with E-state index in [4.69, 9.17) is 16.3 Å². The maximum Gasteiger partial charge on any atom is 0.322 e. The zero-order chi connectivity index (χ0) is 14.6. The SMILES string of the molecule is CC(C)Oc1nc(Cl)nc(NCC2(CO)CCCC2)n1. The standard InChI is InChI=1S/C13H21ClN4O2/c1-9(2)20-12-17-10(14)16-11(18-12)15-7-13(8-19)5-3-4-6-13/h9,19H,3-8H2,1-2H3,(H,15,16,17,18). The normalized spacial score (nSPS) is 17.4. The molecule has 0 atom stereocenters. The lowest BCUT2D eigenvalue weighted by molar-refractivity contribution is 0.142. The number of nitrogens with one attached hydrogen (secondary N) is 1. The average molecular weight is 301 g/mol. The van der Waals surface area contributed by atoms with Crippen molar-refractivity contribution in [2.45, 2.75) is 45.6 Å². The summed E-state index contributed by atoms with van der Waals surface area (Å²) in [7, 11) is 0. The lowest BCUT2D eigenvalue weighted by atomic mass is 9.87. The number of aliphatic hydroxyl groups is 1. The van der Waals surface area contributed by atoms with Gasteiger partial charge in [0.1, 0.15) is 0 Å². The zero-order valence-electron chi connectivity index (χ0n) is 11.9. The Kier molecular flexibility index (Phi) is 4.99. The van der Waals surface area contributed by atoms with E-state index in [2.05, 4.69) is 20.3 Å². The molecular weight excluding hydrogens is 280 g/mol. The van der Waals surface area contributed by atoms with E-state index in [1.54, 1.807) is 0 Å². The van der Waals surface area contributed by atoms with Gasteiger partial charge in [0.05, 0.1) is 12.7 Å². The molecule has 0 radical (unpaired) electrons. The van der Waals surface area contributed by atoms with Gasteiger partial charge in [-0.15, -0.1) is 0 Å². The molecule has 7 heteroatoms. The molecule has 6 nitrogen and oxygen atoms in total. The fourth-order valence-corrected chi connectivity index (χ4v) is 2.61. The van der Waals surface area contributed by atoms with Crippen molar-refractivity contribution >= 4 is 17.5 Å². The predicted molar refractivity (Wildman–Crippen MR) is 77.1 cm³/mol. The van der Waals surface area contributed by atoms with Gasteiger partial charge in [-0.3, -0.25) is 0 Å². The van der Waals surface area contributed by atoms with Crippen molar-refractivity contribution in [2.24, 2.45) is 5.41 Å². The van der Waals surface area contributed by atoms with Crippen LogP contribution in [0.2, 0.25) is 5.28 Å². The molecule has 1 aliphatic carbocycles. The van der Waals surface area contributed by atoms with Crippen molar-refractivity contribution in [3.8, 4) is 6.01 Å². The van der Waals surface area contributed by atoms with Gasteiger partial charge in [0.2, 0.25) is 11.2 Å². The molecule has 2 N–H and O–H groups in total. The quantitative estimate of drug-likeness (QED) is 0.839. The smallest absolute Gasteiger partial charge is 0.322 e. The summed E-state index contributed by atoms with van der Waals surface area (Å²) in [4.78, 5) is 12.1. The largest absolute Gasteiger partial charge is 0.461 e. The fraction of sp³-hybridized carbons (Fsp3) is 0.769. The molecule has 1 aliphatic rings. The van der Waals surface area contributed by atoms with Crippen LogP contribution in [-0.2, 0) is 0 Å². The summed E-state index contributed by atoms with van der Waals surface area (Å²) in [6.45, 7) is 4.59. The highest BCUT2D eigenvalue weighted by molar-refractivity contribution is 6.28. The first-order chi connectivity index (χ1) is 9.53. The highest BCUT2D eigenvalue weighted by Crippen LogP contribution is 2.37. The van der Waals surface area contributed by atoms with Crippen LogP contribution in [0.15, 0.2) is 0 Å². The second kappa shape index (κ2) is 6.54. The Morgan fingerprint density at radius 2 is 2.00 bits per heavy atom. The Morgan fingerprint density at radius 3 is 2.60 bits per heavy atom. The van der Waals surface area contributed by atoms with E-state index >= 15 is 0 Å². The van der Waals surface area contributed by atoms with Gasteiger partial charge in [-0.1, -0.05) is 12.8 Å². The summed E-state index contributed by atoms with van der Waals surface area (Å²) >= 11 is 5.87. The highest BCUT2D eigenvalue weighted by Gasteiger charge is 2.33. The molecule has 0 unspecified atom stereocenters. The minimum Gasteiger partial charge on any atom is -0.461 e. The predicted octanol–water partition coefficient (Wildman–Crippen LogP) is 2.28. The van der Waals surface area contributed by atoms with E-state index < -0.39 is 0 Å². The Morgan fingerprint density at radius 1 is 1.30 bits per heavy atom. The minimum absolute atomic E-state index is 0.0278. The van der Waals surface area contributed by atoms with Crippen LogP contribution in [0.4, 0.5) is 5.95 Å². The number of ether oxygens (including phenoxy) is 1. The van der Waals surface area contributed by atoms with Crippen molar-refractivity contribution in [3.63, 3.8) is 0 Å². The Hall–Kier alpha value is -1.14. The number of anilines is 1. The van der Waals surface area contributed by atoms with E-state index in [0.29, 0.717) is 12.5 Å². The van der Waals surface area contributed by atoms with E-state index in [0.717, 1.165) is 25.7 Å². The topological polar surface area (TPSA) is 80.2 Å². The molecule has 0 amide bonds. The molecule has 2 rings (SSSR count). The third kappa shape index (κ3) is 3.93.